The summed E-state index contributed by atoms with van der Waals surface area (Å²) in [6.45, 7) is 7.52. The molecule has 23 heavy (non-hydrogen) atoms. The van der Waals surface area contributed by atoms with Gasteiger partial charge >= 0.3 is 0 Å². The van der Waals surface area contributed by atoms with Crippen LogP contribution in [0.5, 0.6) is 0 Å². The average molecular weight is 316 g/mol. The lowest BCUT2D eigenvalue weighted by Gasteiger charge is -2.30. The van der Waals surface area contributed by atoms with Crippen LogP contribution in [0.1, 0.15) is 25.5 Å². The van der Waals surface area contributed by atoms with E-state index in [4.69, 9.17) is 4.74 Å². The predicted molar refractivity (Wildman–Crippen MR) is 83.2 cm³/mol. The molecule has 0 saturated carbocycles. The lowest BCUT2D eigenvalue weighted by molar-refractivity contribution is 0.0469. The minimum Gasteiger partial charge on any atom is -0.481 e. The van der Waals surface area contributed by atoms with Gasteiger partial charge in [-0.05, 0) is 31.5 Å². The van der Waals surface area contributed by atoms with Crippen molar-refractivity contribution in [1.82, 2.24) is 14.8 Å². The molecule has 120 valence electrons. The third-order valence-corrected chi connectivity index (χ3v) is 3.42. The standard InChI is InChI=1S/C16H17FN4O2/c1-9(2)23-15(22)13-10(3)20-16-18-8-19-21(16)14(13)11-5-4-6-12(17)7-11/h4-9,14,22H,3H2,1-2H3,(H,18,19,20). The predicted octanol–water partition coefficient (Wildman–Crippen LogP) is 3.14. The summed E-state index contributed by atoms with van der Waals surface area (Å²) in [4.78, 5) is 4.10. The number of halogens is 1. The van der Waals surface area contributed by atoms with Gasteiger partial charge in [0.25, 0.3) is 5.95 Å². The molecule has 1 aliphatic heterocycles. The normalized spacial score (nSPS) is 19.3. The quantitative estimate of drug-likeness (QED) is 0.851. The first-order valence-electron chi connectivity index (χ1n) is 7.18. The number of aromatic nitrogens is 3. The van der Waals surface area contributed by atoms with Gasteiger partial charge in [0.2, 0.25) is 5.95 Å². The second kappa shape index (κ2) is 5.75. The number of aliphatic hydroxyl groups excluding tert-OH is 1. The van der Waals surface area contributed by atoms with E-state index in [1.807, 2.05) is 0 Å². The second-order valence-corrected chi connectivity index (χ2v) is 5.47. The molecule has 1 aromatic carbocycles. The third-order valence-electron chi connectivity index (χ3n) is 3.42. The van der Waals surface area contributed by atoms with Crippen molar-refractivity contribution in [2.45, 2.75) is 26.0 Å². The highest BCUT2D eigenvalue weighted by Gasteiger charge is 2.33. The first-order chi connectivity index (χ1) is 11.0. The number of ether oxygens (including phenoxy) is 1. The van der Waals surface area contributed by atoms with Crippen LogP contribution in [0, 0.1) is 5.82 Å². The number of rotatable bonds is 3. The van der Waals surface area contributed by atoms with Gasteiger partial charge in [0, 0.05) is 5.70 Å². The Labute approximate surface area is 132 Å². The van der Waals surface area contributed by atoms with Crippen molar-refractivity contribution in [3.05, 3.63) is 65.8 Å². The van der Waals surface area contributed by atoms with Crippen molar-refractivity contribution in [3.8, 4) is 0 Å². The lowest BCUT2D eigenvalue weighted by atomic mass is 9.95. The molecule has 1 aromatic heterocycles. The maximum absolute atomic E-state index is 13.7. The van der Waals surface area contributed by atoms with Crippen LogP contribution in [-0.4, -0.2) is 26.0 Å². The molecule has 0 amide bonds. The summed E-state index contributed by atoms with van der Waals surface area (Å²) in [5, 5.41) is 17.5. The topological polar surface area (TPSA) is 72.2 Å². The number of hydrogen-bond donors (Lipinski definition) is 2. The minimum atomic E-state index is -0.587. The van der Waals surface area contributed by atoms with Crippen molar-refractivity contribution in [2.24, 2.45) is 0 Å². The van der Waals surface area contributed by atoms with Gasteiger partial charge in [-0.2, -0.15) is 10.1 Å². The molecule has 6 nitrogen and oxygen atoms in total. The SMILES string of the molecule is C=C1Nc2ncnn2C(c2cccc(F)c2)C1=C(O)OC(C)C. The van der Waals surface area contributed by atoms with E-state index in [0.717, 1.165) is 0 Å². The molecule has 1 unspecified atom stereocenters. The number of nitrogens with zero attached hydrogens (tertiary/aromatic N) is 3. The lowest BCUT2D eigenvalue weighted by Crippen LogP contribution is -2.28. The molecule has 1 atom stereocenters. The number of aliphatic hydroxyl groups is 1. The fraction of sp³-hybridized carbons (Fsp3) is 0.250. The van der Waals surface area contributed by atoms with Crippen molar-refractivity contribution < 1.29 is 14.2 Å². The van der Waals surface area contributed by atoms with Crippen LogP contribution in [0.3, 0.4) is 0 Å². The van der Waals surface area contributed by atoms with Crippen LogP contribution in [0.4, 0.5) is 10.3 Å². The first-order valence-corrected chi connectivity index (χ1v) is 7.18. The van der Waals surface area contributed by atoms with Crippen molar-refractivity contribution in [1.29, 1.82) is 0 Å². The van der Waals surface area contributed by atoms with Gasteiger partial charge in [0.1, 0.15) is 18.2 Å². The van der Waals surface area contributed by atoms with Crippen LogP contribution >= 0.6 is 0 Å². The van der Waals surface area contributed by atoms with Crippen molar-refractivity contribution >= 4 is 5.95 Å². The van der Waals surface area contributed by atoms with Crippen molar-refractivity contribution in [3.63, 3.8) is 0 Å². The van der Waals surface area contributed by atoms with E-state index in [9.17, 15) is 9.50 Å². The minimum absolute atomic E-state index is 0.222. The van der Waals surface area contributed by atoms with E-state index in [2.05, 4.69) is 22.0 Å². The monoisotopic (exact) mass is 316 g/mol. The van der Waals surface area contributed by atoms with Crippen LogP contribution in [0.2, 0.25) is 0 Å². The zero-order valence-corrected chi connectivity index (χ0v) is 12.8. The number of allylic oxidation sites excluding steroid dienone is 1. The highest BCUT2D eigenvalue weighted by molar-refractivity contribution is 5.54. The maximum Gasteiger partial charge on any atom is 0.284 e. The summed E-state index contributed by atoms with van der Waals surface area (Å²) in [5.41, 5.74) is 1.42. The zero-order valence-electron chi connectivity index (χ0n) is 12.8. The van der Waals surface area contributed by atoms with Crippen LogP contribution in [-0.2, 0) is 4.74 Å². The summed E-state index contributed by atoms with van der Waals surface area (Å²) in [6.07, 6.45) is 1.16. The highest BCUT2D eigenvalue weighted by Crippen LogP contribution is 2.38. The smallest absolute Gasteiger partial charge is 0.284 e. The van der Waals surface area contributed by atoms with Gasteiger partial charge in [-0.1, -0.05) is 18.7 Å². The summed E-state index contributed by atoms with van der Waals surface area (Å²) in [5.74, 6) is -0.185. The molecule has 2 heterocycles. The number of benzene rings is 1. The van der Waals surface area contributed by atoms with Gasteiger partial charge in [0.05, 0.1) is 11.7 Å². The Morgan fingerprint density at radius 1 is 1.48 bits per heavy atom. The van der Waals surface area contributed by atoms with Gasteiger partial charge in [-0.15, -0.1) is 0 Å². The molecular weight excluding hydrogens is 299 g/mol. The maximum atomic E-state index is 13.7. The Morgan fingerprint density at radius 2 is 2.26 bits per heavy atom. The fourth-order valence-electron chi connectivity index (χ4n) is 2.54. The first kappa shape index (κ1) is 15.1. The molecule has 0 bridgehead atoms. The number of anilines is 1. The average Bonchev–Trinajstić information content (AvgIpc) is 2.92. The van der Waals surface area contributed by atoms with Crippen LogP contribution < -0.4 is 5.32 Å². The molecule has 0 radical (unpaired) electrons. The Balaban J connectivity index is 2.19. The molecule has 0 aliphatic carbocycles. The van der Waals surface area contributed by atoms with E-state index in [1.54, 1.807) is 30.7 Å². The van der Waals surface area contributed by atoms with Gasteiger partial charge in [0.15, 0.2) is 0 Å². The molecule has 2 N–H and O–H groups in total. The zero-order chi connectivity index (χ0) is 16.6. The summed E-state index contributed by atoms with van der Waals surface area (Å²) in [7, 11) is 0. The van der Waals surface area contributed by atoms with Gasteiger partial charge in [-0.25, -0.2) is 9.07 Å². The van der Waals surface area contributed by atoms with E-state index < -0.39 is 6.04 Å². The molecule has 1 aliphatic rings. The summed E-state index contributed by atoms with van der Waals surface area (Å²) >= 11 is 0. The van der Waals surface area contributed by atoms with Crippen LogP contribution in [0.15, 0.2) is 54.4 Å². The summed E-state index contributed by atoms with van der Waals surface area (Å²) < 4.78 is 20.6. The molecular formula is C16H17FN4O2. The van der Waals surface area contributed by atoms with E-state index in [1.165, 1.54) is 18.5 Å². The Kier molecular flexibility index (Phi) is 3.77. The van der Waals surface area contributed by atoms with E-state index in [-0.39, 0.29) is 17.9 Å². The van der Waals surface area contributed by atoms with E-state index in [0.29, 0.717) is 22.8 Å². The molecule has 0 spiro atoms. The highest BCUT2D eigenvalue weighted by atomic mass is 19.1. The summed E-state index contributed by atoms with van der Waals surface area (Å²) in [6, 6.07) is 5.51. The molecule has 7 heteroatoms. The van der Waals surface area contributed by atoms with Gasteiger partial charge in [-0.3, -0.25) is 0 Å². The van der Waals surface area contributed by atoms with Crippen molar-refractivity contribution in [2.75, 3.05) is 5.32 Å². The number of fused-ring (bicyclic) bond motifs is 1. The Hall–Kier alpha value is -2.83. The third kappa shape index (κ3) is 2.77. The number of nitrogens with one attached hydrogen (secondary N) is 1. The molecule has 3 rings (SSSR count). The fourth-order valence-corrected chi connectivity index (χ4v) is 2.54. The molecule has 0 fully saturated rings. The second-order valence-electron chi connectivity index (χ2n) is 5.47. The van der Waals surface area contributed by atoms with Crippen LogP contribution in [0.25, 0.3) is 0 Å². The van der Waals surface area contributed by atoms with E-state index >= 15 is 0 Å². The molecule has 2 aromatic rings. The van der Waals surface area contributed by atoms with Gasteiger partial charge < -0.3 is 15.2 Å². The number of hydrogen-bond acceptors (Lipinski definition) is 5. The Morgan fingerprint density at radius 3 is 2.96 bits per heavy atom. The molecule has 0 saturated heterocycles. The Bertz CT molecular complexity index is 782. The largest absolute Gasteiger partial charge is 0.481 e.